The fraction of sp³-hybridized carbons (Fsp3) is 0.154. The number of halogens is 2. The third-order valence-corrected chi connectivity index (χ3v) is 5.90. The van der Waals surface area contributed by atoms with E-state index in [1.807, 2.05) is 12.1 Å². The molecule has 10 heteroatoms. The summed E-state index contributed by atoms with van der Waals surface area (Å²) in [5.41, 5.74) is 2.23. The van der Waals surface area contributed by atoms with Gasteiger partial charge in [-0.3, -0.25) is 14.9 Å². The fourth-order valence-electron chi connectivity index (χ4n) is 4.11. The lowest BCUT2D eigenvalue weighted by atomic mass is 9.99. The van der Waals surface area contributed by atoms with Crippen molar-refractivity contribution in [2.75, 3.05) is 6.61 Å². The topological polar surface area (TPSA) is 109 Å². The first kappa shape index (κ1) is 23.2. The van der Waals surface area contributed by atoms with Crippen molar-refractivity contribution in [2.24, 2.45) is 0 Å². The van der Waals surface area contributed by atoms with Crippen LogP contribution in [-0.4, -0.2) is 45.9 Å². The second-order valence-corrected chi connectivity index (χ2v) is 8.29. The van der Waals surface area contributed by atoms with Crippen molar-refractivity contribution in [3.8, 4) is 22.5 Å². The van der Waals surface area contributed by atoms with E-state index in [-0.39, 0.29) is 29.2 Å². The highest BCUT2D eigenvalue weighted by Crippen LogP contribution is 2.29. The van der Waals surface area contributed by atoms with Crippen molar-refractivity contribution in [1.29, 1.82) is 0 Å². The number of aromatic nitrogens is 3. The molecular formula is C26H21F2N5O3. The SMILES string of the molecule is O=C1N[C@@H]([C@@H](Cc2ccccn2)NC(=O)c2cccc(F)c2-c2cc(-c3ccc(F)cc3)n[nH]2)CO1. The maximum atomic E-state index is 15.0. The van der Waals surface area contributed by atoms with Crippen molar-refractivity contribution in [2.45, 2.75) is 18.5 Å². The molecule has 1 aliphatic heterocycles. The number of hydrogen-bond acceptors (Lipinski definition) is 5. The Kier molecular flexibility index (Phi) is 6.40. The zero-order valence-corrected chi connectivity index (χ0v) is 18.9. The van der Waals surface area contributed by atoms with Crippen molar-refractivity contribution >= 4 is 12.0 Å². The summed E-state index contributed by atoms with van der Waals surface area (Å²) in [5.74, 6) is -1.54. The Morgan fingerprint density at radius 3 is 2.67 bits per heavy atom. The van der Waals surface area contributed by atoms with Crippen molar-refractivity contribution < 1.29 is 23.1 Å². The molecule has 5 rings (SSSR count). The normalized spacial score (nSPS) is 15.7. The van der Waals surface area contributed by atoms with E-state index in [1.165, 1.54) is 30.3 Å². The number of ether oxygens (including phenoxy) is 1. The number of rotatable bonds is 7. The summed E-state index contributed by atoms with van der Waals surface area (Å²) in [4.78, 5) is 29.4. The van der Waals surface area contributed by atoms with Gasteiger partial charge in [-0.15, -0.1) is 0 Å². The van der Waals surface area contributed by atoms with Crippen LogP contribution < -0.4 is 10.6 Å². The largest absolute Gasteiger partial charge is 0.447 e. The molecule has 4 aromatic rings. The Bertz CT molecular complexity index is 1390. The third-order valence-electron chi connectivity index (χ3n) is 5.90. The van der Waals surface area contributed by atoms with Crippen LogP contribution in [0.2, 0.25) is 0 Å². The number of amides is 2. The van der Waals surface area contributed by atoms with Gasteiger partial charge in [-0.2, -0.15) is 5.10 Å². The summed E-state index contributed by atoms with van der Waals surface area (Å²) in [5, 5.41) is 12.6. The molecule has 3 heterocycles. The minimum Gasteiger partial charge on any atom is -0.447 e. The van der Waals surface area contributed by atoms with Crippen molar-refractivity contribution in [3.05, 3.63) is 95.8 Å². The number of aromatic amines is 1. The maximum absolute atomic E-state index is 15.0. The molecular weight excluding hydrogens is 468 g/mol. The maximum Gasteiger partial charge on any atom is 0.407 e. The Labute approximate surface area is 204 Å². The first-order valence-corrected chi connectivity index (χ1v) is 11.2. The van der Waals surface area contributed by atoms with E-state index < -0.39 is 29.9 Å². The minimum atomic E-state index is -0.615. The van der Waals surface area contributed by atoms with Gasteiger partial charge >= 0.3 is 6.09 Å². The molecule has 0 bridgehead atoms. The summed E-state index contributed by atoms with van der Waals surface area (Å²) in [6, 6.07) is 15.9. The van der Waals surface area contributed by atoms with Gasteiger partial charge in [0.05, 0.1) is 29.0 Å². The van der Waals surface area contributed by atoms with Crippen LogP contribution in [0.5, 0.6) is 0 Å². The van der Waals surface area contributed by atoms with Gasteiger partial charge in [-0.25, -0.2) is 13.6 Å². The molecule has 0 unspecified atom stereocenters. The van der Waals surface area contributed by atoms with Crippen LogP contribution in [0.1, 0.15) is 16.1 Å². The summed E-state index contributed by atoms with van der Waals surface area (Å²) < 4.78 is 33.3. The van der Waals surface area contributed by atoms with Gasteiger partial charge in [0.2, 0.25) is 0 Å². The van der Waals surface area contributed by atoms with E-state index in [2.05, 4.69) is 25.8 Å². The number of benzene rings is 2. The molecule has 182 valence electrons. The number of hydrogen-bond donors (Lipinski definition) is 3. The van der Waals surface area contributed by atoms with Gasteiger partial charge in [-0.1, -0.05) is 12.1 Å². The van der Waals surface area contributed by atoms with Crippen molar-refractivity contribution in [3.63, 3.8) is 0 Å². The van der Waals surface area contributed by atoms with Crippen LogP contribution in [0.25, 0.3) is 22.5 Å². The van der Waals surface area contributed by atoms with Crippen LogP contribution in [-0.2, 0) is 11.2 Å². The van der Waals surface area contributed by atoms with E-state index in [4.69, 9.17) is 4.74 Å². The zero-order chi connectivity index (χ0) is 25.1. The summed E-state index contributed by atoms with van der Waals surface area (Å²) in [6.07, 6.45) is 1.39. The summed E-state index contributed by atoms with van der Waals surface area (Å²) >= 11 is 0. The second kappa shape index (κ2) is 9.95. The molecule has 0 spiro atoms. The number of carbonyl (C=O) groups excluding carboxylic acids is 2. The zero-order valence-electron chi connectivity index (χ0n) is 18.9. The van der Waals surface area contributed by atoms with E-state index >= 15 is 4.39 Å². The predicted molar refractivity (Wildman–Crippen MR) is 127 cm³/mol. The van der Waals surface area contributed by atoms with E-state index in [0.29, 0.717) is 23.4 Å². The van der Waals surface area contributed by atoms with Gasteiger partial charge in [0.15, 0.2) is 0 Å². The molecule has 1 fully saturated rings. The molecule has 8 nitrogen and oxygen atoms in total. The fourth-order valence-corrected chi connectivity index (χ4v) is 4.11. The molecule has 36 heavy (non-hydrogen) atoms. The highest BCUT2D eigenvalue weighted by molar-refractivity contribution is 6.01. The van der Waals surface area contributed by atoms with Gasteiger partial charge in [0.1, 0.15) is 18.2 Å². The van der Waals surface area contributed by atoms with Gasteiger partial charge in [-0.05, 0) is 54.6 Å². The monoisotopic (exact) mass is 489 g/mol. The second-order valence-electron chi connectivity index (χ2n) is 8.29. The van der Waals surface area contributed by atoms with Crippen LogP contribution in [0.15, 0.2) is 72.9 Å². The Hall–Kier alpha value is -4.60. The lowest BCUT2D eigenvalue weighted by molar-refractivity contribution is 0.0927. The third kappa shape index (κ3) is 4.92. The number of nitrogens with one attached hydrogen (secondary N) is 3. The molecule has 2 aromatic heterocycles. The van der Waals surface area contributed by atoms with E-state index in [0.717, 1.165) is 0 Å². The Morgan fingerprint density at radius 2 is 1.94 bits per heavy atom. The predicted octanol–water partition coefficient (Wildman–Crippen LogP) is 3.87. The minimum absolute atomic E-state index is 0.0409. The molecule has 1 aliphatic rings. The number of nitrogens with zero attached hydrogens (tertiary/aromatic N) is 2. The van der Waals surface area contributed by atoms with Crippen LogP contribution in [0.3, 0.4) is 0 Å². The van der Waals surface area contributed by atoms with Gasteiger partial charge < -0.3 is 15.4 Å². The molecule has 1 saturated heterocycles. The number of cyclic esters (lactones) is 1. The summed E-state index contributed by atoms with van der Waals surface area (Å²) in [7, 11) is 0. The highest BCUT2D eigenvalue weighted by Gasteiger charge is 2.32. The molecule has 0 saturated carbocycles. The molecule has 3 N–H and O–H groups in total. The standard InChI is InChI=1S/C26H21F2N5O3/c27-16-9-7-15(8-10-16)20-13-22(33-32-20)24-18(5-3-6-19(24)28)25(34)30-21(23-14-36-26(35)31-23)12-17-4-1-2-11-29-17/h1-11,13,21,23H,12,14H2,(H,30,34)(H,31,35)(H,32,33)/t21-,23-/m1/s1. The number of H-pyrrole nitrogens is 1. The van der Waals surface area contributed by atoms with Crippen LogP contribution in [0.4, 0.5) is 13.6 Å². The lowest BCUT2D eigenvalue weighted by Crippen LogP contribution is -2.50. The molecule has 2 aromatic carbocycles. The van der Waals surface area contributed by atoms with E-state index in [9.17, 15) is 14.0 Å². The average molecular weight is 489 g/mol. The molecule has 2 atom stereocenters. The molecule has 2 amide bonds. The quantitative estimate of drug-likeness (QED) is 0.365. The number of alkyl carbamates (subject to hydrolysis) is 1. The van der Waals surface area contributed by atoms with Crippen molar-refractivity contribution in [1.82, 2.24) is 25.8 Å². The Morgan fingerprint density at radius 1 is 1.11 bits per heavy atom. The van der Waals surface area contributed by atoms with Crippen LogP contribution in [0, 0.1) is 11.6 Å². The Balaban J connectivity index is 1.44. The first-order valence-electron chi connectivity index (χ1n) is 11.2. The number of carbonyl (C=O) groups is 2. The number of pyridine rings is 1. The molecule has 0 aliphatic carbocycles. The molecule has 0 radical (unpaired) electrons. The highest BCUT2D eigenvalue weighted by atomic mass is 19.1. The van der Waals surface area contributed by atoms with Gasteiger partial charge in [0.25, 0.3) is 5.91 Å². The van der Waals surface area contributed by atoms with Gasteiger partial charge in [0, 0.05) is 29.4 Å². The summed E-state index contributed by atoms with van der Waals surface area (Å²) in [6.45, 7) is 0.0776. The first-order chi connectivity index (χ1) is 17.5. The average Bonchev–Trinajstić information content (AvgIpc) is 3.54. The van der Waals surface area contributed by atoms with E-state index in [1.54, 1.807) is 30.5 Å². The lowest BCUT2D eigenvalue weighted by Gasteiger charge is -2.23. The van der Waals surface area contributed by atoms with Crippen LogP contribution >= 0.6 is 0 Å². The smallest absolute Gasteiger partial charge is 0.407 e.